The highest BCUT2D eigenvalue weighted by molar-refractivity contribution is 9.10. The molecule has 1 aliphatic rings. The molecule has 2 aromatic rings. The number of hydrogen-bond donors (Lipinski definition) is 1. The molecule has 0 spiro atoms. The molecule has 0 atom stereocenters. The number of hydrogen-bond acceptors (Lipinski definition) is 3. The van der Waals surface area contributed by atoms with Gasteiger partial charge in [-0.15, -0.1) is 0 Å². The van der Waals surface area contributed by atoms with Gasteiger partial charge in [-0.05, 0) is 47.0 Å². The molecule has 0 aliphatic heterocycles. The van der Waals surface area contributed by atoms with Gasteiger partial charge in [0, 0.05) is 11.5 Å². The van der Waals surface area contributed by atoms with Crippen molar-refractivity contribution in [3.05, 3.63) is 39.2 Å². The molecule has 21 heavy (non-hydrogen) atoms. The van der Waals surface area contributed by atoms with Crippen molar-refractivity contribution in [2.75, 3.05) is 5.73 Å². The molecule has 1 aliphatic carbocycles. The molecule has 1 aromatic heterocycles. The van der Waals surface area contributed by atoms with Gasteiger partial charge < -0.3 is 5.73 Å². The van der Waals surface area contributed by atoms with Crippen LogP contribution in [0.1, 0.15) is 37.3 Å². The molecule has 2 N–H and O–H groups in total. The molecule has 1 fully saturated rings. The highest BCUT2D eigenvalue weighted by Gasteiger charge is 2.23. The van der Waals surface area contributed by atoms with E-state index in [1.807, 2.05) is 0 Å². The van der Waals surface area contributed by atoms with Gasteiger partial charge in [-0.3, -0.25) is 0 Å². The van der Waals surface area contributed by atoms with Gasteiger partial charge in [0.05, 0.1) is 15.2 Å². The van der Waals surface area contributed by atoms with Crippen molar-refractivity contribution in [2.45, 2.75) is 31.6 Å². The Labute approximate surface area is 135 Å². The first-order chi connectivity index (χ1) is 10.1. The summed E-state index contributed by atoms with van der Waals surface area (Å²) in [7, 11) is 0. The van der Waals surface area contributed by atoms with Gasteiger partial charge in [-0.25, -0.2) is 14.4 Å². The minimum atomic E-state index is -0.485. The maximum atomic E-state index is 13.6. The van der Waals surface area contributed by atoms with E-state index in [1.165, 1.54) is 25.0 Å². The van der Waals surface area contributed by atoms with E-state index >= 15 is 0 Å². The van der Waals surface area contributed by atoms with Crippen LogP contribution in [0.5, 0.6) is 0 Å². The number of halogens is 3. The molecule has 3 rings (SSSR count). The normalized spacial score (nSPS) is 15.6. The average Bonchev–Trinajstić information content (AvgIpc) is 2.98. The van der Waals surface area contributed by atoms with Gasteiger partial charge in [0.2, 0.25) is 0 Å². The summed E-state index contributed by atoms with van der Waals surface area (Å²) in [6.07, 6.45) is 4.60. The summed E-state index contributed by atoms with van der Waals surface area (Å²) in [5.74, 6) is 0.729. The quantitative estimate of drug-likeness (QED) is 0.814. The molecule has 6 heteroatoms. The third-order valence-corrected chi connectivity index (χ3v) is 4.94. The molecule has 1 saturated carbocycles. The Morgan fingerprint density at radius 2 is 1.95 bits per heavy atom. The molecular weight excluding hydrogens is 357 g/mol. The number of nitrogen functional groups attached to an aromatic ring is 1. The maximum Gasteiger partial charge on any atom is 0.161 e. The first kappa shape index (κ1) is 14.7. The molecule has 0 saturated heterocycles. The van der Waals surface area contributed by atoms with E-state index in [4.69, 9.17) is 17.3 Å². The number of nitrogens with two attached hydrogens (primary N) is 1. The van der Waals surface area contributed by atoms with Crippen molar-refractivity contribution in [1.82, 2.24) is 9.97 Å². The molecule has 0 radical (unpaired) electrons. The zero-order valence-corrected chi connectivity index (χ0v) is 13.6. The minimum absolute atomic E-state index is 0.0832. The summed E-state index contributed by atoms with van der Waals surface area (Å²) in [4.78, 5) is 8.86. The molecule has 0 amide bonds. The minimum Gasteiger partial charge on any atom is -0.383 e. The Balaban J connectivity index is 2.08. The van der Waals surface area contributed by atoms with E-state index in [2.05, 4.69) is 25.9 Å². The molecule has 110 valence electrons. The van der Waals surface area contributed by atoms with E-state index in [1.54, 1.807) is 6.07 Å². The number of aromatic nitrogens is 2. The second-order valence-electron chi connectivity index (χ2n) is 5.24. The number of anilines is 1. The molecule has 1 aromatic carbocycles. The Bertz CT molecular complexity index is 687. The van der Waals surface area contributed by atoms with Crippen LogP contribution in [-0.4, -0.2) is 9.97 Å². The lowest BCUT2D eigenvalue weighted by atomic mass is 10.0. The topological polar surface area (TPSA) is 51.8 Å². The third-order valence-electron chi connectivity index (χ3n) is 3.82. The zero-order chi connectivity index (χ0) is 15.0. The summed E-state index contributed by atoms with van der Waals surface area (Å²) >= 11 is 9.19. The van der Waals surface area contributed by atoms with Crippen molar-refractivity contribution < 1.29 is 4.39 Å². The van der Waals surface area contributed by atoms with Crippen molar-refractivity contribution in [3.8, 4) is 11.4 Å². The fraction of sp³-hybridized carbons (Fsp3) is 0.333. The first-order valence-corrected chi connectivity index (χ1v) is 8.01. The SMILES string of the molecule is Nc1nc(-c2ccc(Cl)c(F)c2)nc(C2CCCC2)c1Br. The van der Waals surface area contributed by atoms with Crippen LogP contribution in [0.4, 0.5) is 10.2 Å². The number of rotatable bonds is 2. The van der Waals surface area contributed by atoms with E-state index in [0.717, 1.165) is 23.0 Å². The Kier molecular flexibility index (Phi) is 4.13. The lowest BCUT2D eigenvalue weighted by Crippen LogP contribution is -2.06. The summed E-state index contributed by atoms with van der Waals surface area (Å²) in [5, 5.41) is 0.0832. The van der Waals surface area contributed by atoms with Crippen LogP contribution in [0.2, 0.25) is 5.02 Å². The van der Waals surface area contributed by atoms with E-state index in [0.29, 0.717) is 23.1 Å². The van der Waals surface area contributed by atoms with Crippen LogP contribution < -0.4 is 5.73 Å². The number of benzene rings is 1. The molecule has 3 nitrogen and oxygen atoms in total. The van der Waals surface area contributed by atoms with Gasteiger partial charge in [-0.2, -0.15) is 0 Å². The predicted octanol–water partition coefficient (Wildman–Crippen LogP) is 4.94. The predicted molar refractivity (Wildman–Crippen MR) is 85.8 cm³/mol. The molecule has 0 bridgehead atoms. The summed E-state index contributed by atoms with van der Waals surface area (Å²) in [5.41, 5.74) is 7.48. The fourth-order valence-corrected chi connectivity index (χ4v) is 3.34. The van der Waals surface area contributed by atoms with Crippen LogP contribution in [0.3, 0.4) is 0 Å². The van der Waals surface area contributed by atoms with Gasteiger partial charge in [-0.1, -0.05) is 24.4 Å². The van der Waals surface area contributed by atoms with Gasteiger partial charge in [0.1, 0.15) is 11.6 Å². The standard InChI is InChI=1S/C15H14BrClFN3/c16-12-13(8-3-1-2-4-8)20-15(21-14(12)19)9-5-6-10(17)11(18)7-9/h5-8H,1-4H2,(H2,19,20,21). The Morgan fingerprint density at radius 1 is 1.24 bits per heavy atom. The van der Waals surface area contributed by atoms with Crippen LogP contribution in [0.15, 0.2) is 22.7 Å². The van der Waals surface area contributed by atoms with E-state index < -0.39 is 5.82 Å². The summed E-state index contributed by atoms with van der Waals surface area (Å²) in [6, 6.07) is 4.54. The molecule has 0 unspecified atom stereocenters. The van der Waals surface area contributed by atoms with Crippen molar-refractivity contribution >= 4 is 33.3 Å². The van der Waals surface area contributed by atoms with Crippen molar-refractivity contribution in [3.63, 3.8) is 0 Å². The highest BCUT2D eigenvalue weighted by Crippen LogP contribution is 2.39. The van der Waals surface area contributed by atoms with Gasteiger partial charge >= 0.3 is 0 Å². The van der Waals surface area contributed by atoms with Gasteiger partial charge in [0.15, 0.2) is 5.82 Å². The second kappa shape index (κ2) is 5.89. The van der Waals surface area contributed by atoms with Crippen LogP contribution in [-0.2, 0) is 0 Å². The summed E-state index contributed by atoms with van der Waals surface area (Å²) < 4.78 is 14.4. The lowest BCUT2D eigenvalue weighted by molar-refractivity contribution is 0.628. The van der Waals surface area contributed by atoms with E-state index in [9.17, 15) is 4.39 Å². The maximum absolute atomic E-state index is 13.6. The van der Waals surface area contributed by atoms with Crippen LogP contribution in [0.25, 0.3) is 11.4 Å². The van der Waals surface area contributed by atoms with Crippen LogP contribution in [0, 0.1) is 5.82 Å². The fourth-order valence-electron chi connectivity index (χ4n) is 2.72. The average molecular weight is 371 g/mol. The summed E-state index contributed by atoms with van der Waals surface area (Å²) in [6.45, 7) is 0. The second-order valence-corrected chi connectivity index (χ2v) is 6.44. The molecular formula is C15H14BrClFN3. The monoisotopic (exact) mass is 369 g/mol. The molecule has 1 heterocycles. The highest BCUT2D eigenvalue weighted by atomic mass is 79.9. The lowest BCUT2D eigenvalue weighted by Gasteiger charge is -2.14. The number of nitrogens with zero attached hydrogens (tertiary/aromatic N) is 2. The van der Waals surface area contributed by atoms with Crippen molar-refractivity contribution in [2.24, 2.45) is 0 Å². The van der Waals surface area contributed by atoms with Crippen molar-refractivity contribution in [1.29, 1.82) is 0 Å². The van der Waals surface area contributed by atoms with Gasteiger partial charge in [0.25, 0.3) is 0 Å². The smallest absolute Gasteiger partial charge is 0.161 e. The first-order valence-electron chi connectivity index (χ1n) is 6.84. The zero-order valence-electron chi connectivity index (χ0n) is 11.2. The largest absolute Gasteiger partial charge is 0.383 e. The van der Waals surface area contributed by atoms with E-state index in [-0.39, 0.29) is 5.02 Å². The Hall–Kier alpha value is -1.20. The third kappa shape index (κ3) is 2.90. The van der Waals surface area contributed by atoms with Crippen LogP contribution >= 0.6 is 27.5 Å². The Morgan fingerprint density at radius 3 is 2.62 bits per heavy atom.